The first-order valence-electron chi connectivity index (χ1n) is 8.95. The Balaban J connectivity index is 0.00000576. The van der Waals surface area contributed by atoms with Crippen LogP contribution in [0.2, 0.25) is 0 Å². The van der Waals surface area contributed by atoms with E-state index in [1.165, 1.54) is 5.56 Å². The number of guanidine groups is 1. The molecule has 0 amide bonds. The van der Waals surface area contributed by atoms with E-state index < -0.39 is 0 Å². The van der Waals surface area contributed by atoms with Gasteiger partial charge in [0.15, 0.2) is 5.96 Å². The highest BCUT2D eigenvalue weighted by Crippen LogP contribution is 2.21. The minimum atomic E-state index is 0. The molecule has 1 rings (SSSR count). The van der Waals surface area contributed by atoms with E-state index in [0.29, 0.717) is 5.92 Å². The minimum Gasteiger partial charge on any atom is -0.497 e. The normalized spacial score (nSPS) is 12.2. The van der Waals surface area contributed by atoms with Crippen molar-refractivity contribution in [2.24, 2.45) is 4.99 Å². The maximum Gasteiger partial charge on any atom is 0.191 e. The third-order valence-corrected chi connectivity index (χ3v) is 3.82. The lowest BCUT2D eigenvalue weighted by atomic mass is 9.98. The summed E-state index contributed by atoms with van der Waals surface area (Å²) in [5, 5.41) is 6.69. The molecular formula is C19H34IN3O2. The summed E-state index contributed by atoms with van der Waals surface area (Å²) in [6.07, 6.45) is 2.00. The summed E-state index contributed by atoms with van der Waals surface area (Å²) >= 11 is 0. The topological polar surface area (TPSA) is 54.9 Å². The second kappa shape index (κ2) is 15.3. The van der Waals surface area contributed by atoms with Gasteiger partial charge in [0, 0.05) is 32.8 Å². The maximum absolute atomic E-state index is 5.33. The highest BCUT2D eigenvalue weighted by Gasteiger charge is 2.06. The quantitative estimate of drug-likeness (QED) is 0.227. The molecule has 0 aliphatic rings. The van der Waals surface area contributed by atoms with Gasteiger partial charge in [0.05, 0.1) is 7.11 Å². The Morgan fingerprint density at radius 1 is 1.16 bits per heavy atom. The number of hydrogen-bond acceptors (Lipinski definition) is 3. The molecule has 0 saturated heterocycles. The highest BCUT2D eigenvalue weighted by atomic mass is 127. The number of hydrogen-bond donors (Lipinski definition) is 2. The standard InChI is InChI=1S/C19H33N3O2.HI/c1-5-20-19(21-13-7-15-24-6-2)22-14-12-16(3)17-8-10-18(23-4)11-9-17;/h8-11,16H,5-7,12-15H2,1-4H3,(H2,20,21,22);1H. The zero-order valence-corrected chi connectivity index (χ0v) is 18.3. The molecule has 1 aromatic rings. The first-order valence-corrected chi connectivity index (χ1v) is 8.95. The number of ether oxygens (including phenoxy) is 2. The van der Waals surface area contributed by atoms with Crippen LogP contribution in [0.3, 0.4) is 0 Å². The van der Waals surface area contributed by atoms with Gasteiger partial charge in [0.25, 0.3) is 0 Å². The zero-order chi connectivity index (χ0) is 17.6. The van der Waals surface area contributed by atoms with E-state index in [1.54, 1.807) is 7.11 Å². The van der Waals surface area contributed by atoms with Crippen LogP contribution in [-0.2, 0) is 4.74 Å². The Morgan fingerprint density at radius 3 is 2.48 bits per heavy atom. The summed E-state index contributed by atoms with van der Waals surface area (Å²) in [5.41, 5.74) is 1.33. The van der Waals surface area contributed by atoms with Crippen molar-refractivity contribution in [2.45, 2.75) is 39.5 Å². The molecule has 0 aliphatic heterocycles. The molecule has 2 N–H and O–H groups in total. The summed E-state index contributed by atoms with van der Waals surface area (Å²) in [6.45, 7) is 10.4. The van der Waals surface area contributed by atoms with E-state index in [0.717, 1.165) is 57.4 Å². The van der Waals surface area contributed by atoms with E-state index in [9.17, 15) is 0 Å². The largest absolute Gasteiger partial charge is 0.497 e. The van der Waals surface area contributed by atoms with Crippen LogP contribution in [0, 0.1) is 0 Å². The predicted octanol–water partition coefficient (Wildman–Crippen LogP) is 3.79. The molecule has 0 heterocycles. The van der Waals surface area contributed by atoms with Gasteiger partial charge in [-0.1, -0.05) is 19.1 Å². The molecule has 1 aromatic carbocycles. The molecule has 25 heavy (non-hydrogen) atoms. The zero-order valence-electron chi connectivity index (χ0n) is 16.0. The lowest BCUT2D eigenvalue weighted by Crippen LogP contribution is -2.38. The van der Waals surface area contributed by atoms with Crippen LogP contribution in [0.5, 0.6) is 5.75 Å². The summed E-state index contributed by atoms with van der Waals surface area (Å²) in [7, 11) is 1.69. The van der Waals surface area contributed by atoms with E-state index in [1.807, 2.05) is 19.1 Å². The van der Waals surface area contributed by atoms with E-state index in [-0.39, 0.29) is 24.0 Å². The molecule has 0 bridgehead atoms. The summed E-state index contributed by atoms with van der Waals surface area (Å²) in [4.78, 5) is 4.58. The van der Waals surface area contributed by atoms with Gasteiger partial charge in [-0.3, -0.25) is 4.99 Å². The van der Waals surface area contributed by atoms with Crippen molar-refractivity contribution in [3.8, 4) is 5.75 Å². The Morgan fingerprint density at radius 2 is 1.88 bits per heavy atom. The molecule has 0 aliphatic carbocycles. The van der Waals surface area contributed by atoms with Gasteiger partial charge in [-0.2, -0.15) is 0 Å². The Kier molecular flexibility index (Phi) is 14.6. The second-order valence-corrected chi connectivity index (χ2v) is 5.70. The predicted molar refractivity (Wildman–Crippen MR) is 117 cm³/mol. The molecule has 6 heteroatoms. The van der Waals surface area contributed by atoms with Gasteiger partial charge in [-0.05, 0) is 50.3 Å². The average molecular weight is 463 g/mol. The van der Waals surface area contributed by atoms with E-state index >= 15 is 0 Å². The van der Waals surface area contributed by atoms with Crippen molar-refractivity contribution in [2.75, 3.05) is 40.0 Å². The number of nitrogens with zero attached hydrogens (tertiary/aromatic N) is 1. The number of halogens is 1. The Hall–Kier alpha value is -1.02. The molecule has 0 spiro atoms. The number of methoxy groups -OCH3 is 1. The minimum absolute atomic E-state index is 0. The summed E-state index contributed by atoms with van der Waals surface area (Å²) in [6, 6.07) is 8.30. The van der Waals surface area contributed by atoms with Crippen LogP contribution in [0.25, 0.3) is 0 Å². The monoisotopic (exact) mass is 463 g/mol. The lowest BCUT2D eigenvalue weighted by Gasteiger charge is -2.15. The molecule has 0 radical (unpaired) electrons. The van der Waals surface area contributed by atoms with Gasteiger partial charge in [0.1, 0.15) is 5.75 Å². The number of aliphatic imine (C=N–C) groups is 1. The van der Waals surface area contributed by atoms with Crippen LogP contribution < -0.4 is 15.4 Å². The number of rotatable bonds is 11. The fourth-order valence-electron chi connectivity index (χ4n) is 2.35. The van der Waals surface area contributed by atoms with Crippen molar-refractivity contribution in [1.82, 2.24) is 10.6 Å². The molecule has 1 atom stereocenters. The third-order valence-electron chi connectivity index (χ3n) is 3.82. The molecule has 5 nitrogen and oxygen atoms in total. The smallest absolute Gasteiger partial charge is 0.191 e. The van der Waals surface area contributed by atoms with Gasteiger partial charge in [-0.15, -0.1) is 24.0 Å². The number of nitrogens with one attached hydrogen (secondary N) is 2. The second-order valence-electron chi connectivity index (χ2n) is 5.70. The first kappa shape index (κ1) is 24.0. The van der Waals surface area contributed by atoms with Crippen molar-refractivity contribution in [1.29, 1.82) is 0 Å². The lowest BCUT2D eigenvalue weighted by molar-refractivity contribution is 0.146. The van der Waals surface area contributed by atoms with Crippen molar-refractivity contribution in [3.63, 3.8) is 0 Å². The Bertz CT molecular complexity index is 466. The molecule has 1 unspecified atom stereocenters. The first-order chi connectivity index (χ1) is 11.7. The molecular weight excluding hydrogens is 429 g/mol. The van der Waals surface area contributed by atoms with Crippen LogP contribution in [-0.4, -0.2) is 45.9 Å². The van der Waals surface area contributed by atoms with E-state index in [2.05, 4.69) is 41.6 Å². The molecule has 144 valence electrons. The fraction of sp³-hybridized carbons (Fsp3) is 0.632. The fourth-order valence-corrected chi connectivity index (χ4v) is 2.35. The van der Waals surface area contributed by atoms with Gasteiger partial charge in [-0.25, -0.2) is 0 Å². The summed E-state index contributed by atoms with van der Waals surface area (Å²) in [5.74, 6) is 2.28. The van der Waals surface area contributed by atoms with Crippen molar-refractivity contribution < 1.29 is 9.47 Å². The van der Waals surface area contributed by atoms with Crippen molar-refractivity contribution >= 4 is 29.9 Å². The maximum atomic E-state index is 5.33. The number of benzene rings is 1. The Labute approximate surface area is 170 Å². The van der Waals surface area contributed by atoms with Crippen LogP contribution in [0.15, 0.2) is 29.3 Å². The van der Waals surface area contributed by atoms with Crippen LogP contribution in [0.4, 0.5) is 0 Å². The van der Waals surface area contributed by atoms with Crippen LogP contribution in [0.1, 0.15) is 45.1 Å². The highest BCUT2D eigenvalue weighted by molar-refractivity contribution is 14.0. The molecule has 0 fully saturated rings. The summed E-state index contributed by atoms with van der Waals surface area (Å²) < 4.78 is 10.5. The molecule has 0 aromatic heterocycles. The van der Waals surface area contributed by atoms with E-state index in [4.69, 9.17) is 9.47 Å². The average Bonchev–Trinajstić information content (AvgIpc) is 2.61. The SMILES string of the molecule is CCNC(=NCCCOCC)NCCC(C)c1ccc(OC)cc1.I. The van der Waals surface area contributed by atoms with Gasteiger partial charge in [0.2, 0.25) is 0 Å². The van der Waals surface area contributed by atoms with Crippen LogP contribution >= 0.6 is 24.0 Å². The molecule has 0 saturated carbocycles. The third kappa shape index (κ3) is 10.5. The van der Waals surface area contributed by atoms with Crippen molar-refractivity contribution in [3.05, 3.63) is 29.8 Å². The van der Waals surface area contributed by atoms with Gasteiger partial charge >= 0.3 is 0 Å². The van der Waals surface area contributed by atoms with Gasteiger partial charge < -0.3 is 20.1 Å².